The lowest BCUT2D eigenvalue weighted by Gasteiger charge is -2.19. The minimum absolute atomic E-state index is 0.0669. The molecule has 0 radical (unpaired) electrons. The van der Waals surface area contributed by atoms with Gasteiger partial charge in [-0.2, -0.15) is 0 Å². The summed E-state index contributed by atoms with van der Waals surface area (Å²) in [7, 11) is 0. The number of hydrogen-bond acceptors (Lipinski definition) is 3. The molecule has 4 heteroatoms. The third-order valence-electron chi connectivity index (χ3n) is 2.26. The Morgan fingerprint density at radius 1 is 1.41 bits per heavy atom. The van der Waals surface area contributed by atoms with Crippen molar-refractivity contribution in [2.45, 2.75) is 59.4 Å². The Balaban J connectivity index is 2.31. The number of rotatable bonds is 6. The first-order valence-electron chi connectivity index (χ1n) is 6.25. The summed E-state index contributed by atoms with van der Waals surface area (Å²) in [6.07, 6.45) is 3.94. The van der Waals surface area contributed by atoms with Gasteiger partial charge in [-0.05, 0) is 20.8 Å². The van der Waals surface area contributed by atoms with Crippen molar-refractivity contribution in [3.8, 4) is 0 Å². The van der Waals surface area contributed by atoms with Gasteiger partial charge in [-0.15, -0.1) is 0 Å². The lowest BCUT2D eigenvalue weighted by atomic mass is 10.2. The summed E-state index contributed by atoms with van der Waals surface area (Å²) in [5.74, 6) is 0. The summed E-state index contributed by atoms with van der Waals surface area (Å²) < 4.78 is 7.75. The van der Waals surface area contributed by atoms with Gasteiger partial charge in [0, 0.05) is 25.3 Å². The highest BCUT2D eigenvalue weighted by Crippen LogP contribution is 2.06. The largest absolute Gasteiger partial charge is 0.374 e. The van der Waals surface area contributed by atoms with E-state index in [1.54, 1.807) is 0 Å². The molecule has 1 aromatic rings. The summed E-state index contributed by atoms with van der Waals surface area (Å²) in [4.78, 5) is 4.35. The van der Waals surface area contributed by atoms with Crippen LogP contribution >= 0.6 is 0 Å². The zero-order chi connectivity index (χ0) is 12.9. The Bertz CT molecular complexity index is 326. The second-order valence-corrected chi connectivity index (χ2v) is 5.60. The van der Waals surface area contributed by atoms with E-state index in [4.69, 9.17) is 4.74 Å². The van der Waals surface area contributed by atoms with E-state index in [-0.39, 0.29) is 5.60 Å². The van der Waals surface area contributed by atoms with E-state index in [1.165, 1.54) is 0 Å². The van der Waals surface area contributed by atoms with E-state index in [0.717, 1.165) is 25.4 Å². The highest BCUT2D eigenvalue weighted by molar-refractivity contribution is 4.96. The van der Waals surface area contributed by atoms with Crippen molar-refractivity contribution < 1.29 is 4.74 Å². The first kappa shape index (κ1) is 14.2. The van der Waals surface area contributed by atoms with Crippen LogP contribution in [0.5, 0.6) is 0 Å². The normalized spacial score (nSPS) is 12.4. The fourth-order valence-electron chi connectivity index (χ4n) is 1.39. The van der Waals surface area contributed by atoms with Gasteiger partial charge in [0.2, 0.25) is 0 Å². The van der Waals surface area contributed by atoms with Crippen molar-refractivity contribution in [3.05, 3.63) is 18.2 Å². The predicted octanol–water partition coefficient (Wildman–Crippen LogP) is 2.20. The second kappa shape index (κ2) is 6.17. The molecule has 17 heavy (non-hydrogen) atoms. The molecule has 0 bridgehead atoms. The van der Waals surface area contributed by atoms with Gasteiger partial charge in [0.1, 0.15) is 0 Å². The van der Waals surface area contributed by atoms with Crippen molar-refractivity contribution in [2.75, 3.05) is 6.61 Å². The fraction of sp³-hybridized carbons (Fsp3) is 0.769. The summed E-state index contributed by atoms with van der Waals surface area (Å²) in [5, 5.41) is 3.35. The molecule has 4 nitrogen and oxygen atoms in total. The molecule has 0 saturated carbocycles. The van der Waals surface area contributed by atoms with Gasteiger partial charge in [-0.3, -0.25) is 0 Å². The molecule has 0 aliphatic rings. The van der Waals surface area contributed by atoms with Gasteiger partial charge in [0.05, 0.1) is 24.2 Å². The van der Waals surface area contributed by atoms with E-state index in [2.05, 4.69) is 55.7 Å². The average molecular weight is 239 g/mol. The predicted molar refractivity (Wildman–Crippen MR) is 69.9 cm³/mol. The van der Waals surface area contributed by atoms with Crippen LogP contribution < -0.4 is 5.32 Å². The van der Waals surface area contributed by atoms with Gasteiger partial charge in [0.15, 0.2) is 0 Å². The topological polar surface area (TPSA) is 39.1 Å². The van der Waals surface area contributed by atoms with E-state index in [9.17, 15) is 0 Å². The Labute approximate surface area is 104 Å². The maximum atomic E-state index is 5.68. The van der Waals surface area contributed by atoms with Crippen molar-refractivity contribution in [3.63, 3.8) is 0 Å². The highest BCUT2D eigenvalue weighted by Gasteiger charge is 2.09. The number of aromatic nitrogens is 2. The Kier molecular flexibility index (Phi) is 5.15. The molecule has 0 aliphatic heterocycles. The van der Waals surface area contributed by atoms with Crippen LogP contribution in [0.25, 0.3) is 0 Å². The monoisotopic (exact) mass is 239 g/mol. The molecule has 1 rings (SSSR count). The molecule has 0 aliphatic carbocycles. The van der Waals surface area contributed by atoms with Crippen molar-refractivity contribution in [1.29, 1.82) is 0 Å². The fourth-order valence-corrected chi connectivity index (χ4v) is 1.39. The SMILES string of the molecule is CC(C)NCc1cn(CCOC(C)(C)C)cn1. The molecular formula is C13H25N3O. The van der Waals surface area contributed by atoms with Crippen molar-refractivity contribution in [1.82, 2.24) is 14.9 Å². The Morgan fingerprint density at radius 2 is 2.12 bits per heavy atom. The van der Waals surface area contributed by atoms with Crippen LogP contribution in [0.2, 0.25) is 0 Å². The molecule has 0 unspecified atom stereocenters. The van der Waals surface area contributed by atoms with Crippen LogP contribution in [-0.2, 0) is 17.8 Å². The van der Waals surface area contributed by atoms with Gasteiger partial charge < -0.3 is 14.6 Å². The van der Waals surface area contributed by atoms with Crippen LogP contribution in [0.3, 0.4) is 0 Å². The molecule has 0 spiro atoms. The van der Waals surface area contributed by atoms with Crippen LogP contribution in [0.4, 0.5) is 0 Å². The molecule has 0 fully saturated rings. The van der Waals surface area contributed by atoms with Crippen molar-refractivity contribution >= 4 is 0 Å². The summed E-state index contributed by atoms with van der Waals surface area (Å²) >= 11 is 0. The van der Waals surface area contributed by atoms with E-state index in [1.807, 2.05) is 6.33 Å². The third kappa shape index (κ3) is 6.44. The van der Waals surface area contributed by atoms with Gasteiger partial charge in [0.25, 0.3) is 0 Å². The lowest BCUT2D eigenvalue weighted by Crippen LogP contribution is -2.22. The first-order chi connectivity index (χ1) is 7.87. The molecule has 0 aromatic carbocycles. The molecule has 1 heterocycles. The molecule has 0 atom stereocenters. The molecule has 0 saturated heterocycles. The first-order valence-corrected chi connectivity index (χ1v) is 6.25. The number of nitrogens with one attached hydrogen (secondary N) is 1. The molecular weight excluding hydrogens is 214 g/mol. The smallest absolute Gasteiger partial charge is 0.0950 e. The quantitative estimate of drug-likeness (QED) is 0.827. The summed E-state index contributed by atoms with van der Waals surface area (Å²) in [6, 6.07) is 0.490. The number of nitrogens with zero attached hydrogens (tertiary/aromatic N) is 2. The maximum Gasteiger partial charge on any atom is 0.0950 e. The summed E-state index contributed by atoms with van der Waals surface area (Å²) in [5.41, 5.74) is 1.01. The number of ether oxygens (including phenoxy) is 1. The molecule has 1 N–H and O–H groups in total. The van der Waals surface area contributed by atoms with Gasteiger partial charge in [-0.1, -0.05) is 13.8 Å². The van der Waals surface area contributed by atoms with Crippen LogP contribution in [-0.4, -0.2) is 27.8 Å². The van der Waals surface area contributed by atoms with Crippen LogP contribution in [0.1, 0.15) is 40.3 Å². The van der Waals surface area contributed by atoms with Crippen molar-refractivity contribution in [2.24, 2.45) is 0 Å². The van der Waals surface area contributed by atoms with E-state index < -0.39 is 0 Å². The Morgan fingerprint density at radius 3 is 2.71 bits per heavy atom. The Hall–Kier alpha value is -0.870. The standard InChI is InChI=1S/C13H25N3O/c1-11(2)14-8-12-9-16(10-15-12)6-7-17-13(3,4)5/h9-11,14H,6-8H2,1-5H3. The number of imidazole rings is 1. The van der Waals surface area contributed by atoms with Crippen LogP contribution in [0.15, 0.2) is 12.5 Å². The highest BCUT2D eigenvalue weighted by atomic mass is 16.5. The number of hydrogen-bond donors (Lipinski definition) is 1. The molecule has 0 amide bonds. The lowest BCUT2D eigenvalue weighted by molar-refractivity contribution is -0.00683. The van der Waals surface area contributed by atoms with E-state index >= 15 is 0 Å². The maximum absolute atomic E-state index is 5.68. The zero-order valence-electron chi connectivity index (χ0n) is 11.7. The van der Waals surface area contributed by atoms with Gasteiger partial charge in [-0.25, -0.2) is 4.98 Å². The molecule has 98 valence electrons. The van der Waals surface area contributed by atoms with E-state index in [0.29, 0.717) is 6.04 Å². The molecule has 1 aromatic heterocycles. The van der Waals surface area contributed by atoms with Crippen LogP contribution in [0, 0.1) is 0 Å². The average Bonchev–Trinajstić information content (AvgIpc) is 2.61. The third-order valence-corrected chi connectivity index (χ3v) is 2.26. The van der Waals surface area contributed by atoms with Gasteiger partial charge >= 0.3 is 0 Å². The summed E-state index contributed by atoms with van der Waals surface area (Å²) in [6.45, 7) is 12.9. The second-order valence-electron chi connectivity index (χ2n) is 5.60. The zero-order valence-corrected chi connectivity index (χ0v) is 11.7. The minimum atomic E-state index is -0.0669. The minimum Gasteiger partial charge on any atom is -0.374 e.